The summed E-state index contributed by atoms with van der Waals surface area (Å²) in [6.07, 6.45) is 5.71. The van der Waals surface area contributed by atoms with Crippen molar-refractivity contribution in [2.75, 3.05) is 13.1 Å². The quantitative estimate of drug-likeness (QED) is 0.538. The van der Waals surface area contributed by atoms with E-state index in [0.29, 0.717) is 5.41 Å². The van der Waals surface area contributed by atoms with Crippen LogP contribution in [0, 0.1) is 5.41 Å². The molecule has 0 aromatic heterocycles. The number of hydrogen-bond donors (Lipinski definition) is 0. The number of allylic oxidation sites excluding steroid dienone is 1. The number of rotatable bonds is 1. The molecule has 1 rings (SSSR count). The van der Waals surface area contributed by atoms with Crippen LogP contribution in [0.15, 0.2) is 12.3 Å². The highest BCUT2D eigenvalue weighted by molar-refractivity contribution is 4.95. The summed E-state index contributed by atoms with van der Waals surface area (Å²) in [6, 6.07) is 0. The fourth-order valence-electron chi connectivity index (χ4n) is 1.41. The zero-order valence-electron chi connectivity index (χ0n) is 7.22. The van der Waals surface area contributed by atoms with Gasteiger partial charge in [-0.1, -0.05) is 19.9 Å². The lowest BCUT2D eigenvalue weighted by Gasteiger charge is -2.34. The van der Waals surface area contributed by atoms with Crippen molar-refractivity contribution in [1.82, 2.24) is 4.90 Å². The van der Waals surface area contributed by atoms with Gasteiger partial charge in [-0.25, -0.2) is 0 Å². The maximum atomic E-state index is 2.36. The summed E-state index contributed by atoms with van der Waals surface area (Å²) in [7, 11) is 0. The molecule has 0 unspecified atom stereocenters. The van der Waals surface area contributed by atoms with Gasteiger partial charge < -0.3 is 4.90 Å². The van der Waals surface area contributed by atoms with Crippen LogP contribution in [0.5, 0.6) is 0 Å². The minimum atomic E-state index is 0.491. The van der Waals surface area contributed by atoms with Gasteiger partial charge in [-0.05, 0) is 25.0 Å². The van der Waals surface area contributed by atoms with E-state index in [0.717, 1.165) is 6.54 Å². The Hall–Kier alpha value is -0.460. The van der Waals surface area contributed by atoms with Crippen LogP contribution in [-0.4, -0.2) is 18.0 Å². The maximum Gasteiger partial charge on any atom is 0.0226 e. The van der Waals surface area contributed by atoms with Crippen LogP contribution in [0.3, 0.4) is 0 Å². The Bertz CT molecular complexity index is 136. The molecule has 1 heterocycles. The highest BCUT2D eigenvalue weighted by Crippen LogP contribution is 2.25. The molecule has 0 bridgehead atoms. The minimum absolute atomic E-state index is 0.491. The van der Waals surface area contributed by atoms with E-state index in [4.69, 9.17) is 0 Å². The Kier molecular flexibility index (Phi) is 2.02. The second kappa shape index (κ2) is 2.65. The standard InChI is InChI=1S/C9H17N/c1-4-10-7-5-6-9(2,3)8-10/h5,7H,4,6,8H2,1-3H3. The SMILES string of the molecule is CCN1C=CCC(C)(C)C1. The number of nitrogens with zero attached hydrogens (tertiary/aromatic N) is 1. The summed E-state index contributed by atoms with van der Waals surface area (Å²) in [6.45, 7) is 9.18. The van der Waals surface area contributed by atoms with Crippen molar-refractivity contribution in [2.24, 2.45) is 5.41 Å². The third-order valence-electron chi connectivity index (χ3n) is 2.02. The number of hydrogen-bond acceptors (Lipinski definition) is 1. The van der Waals surface area contributed by atoms with Gasteiger partial charge in [-0.3, -0.25) is 0 Å². The second-order valence-corrected chi connectivity index (χ2v) is 3.82. The van der Waals surface area contributed by atoms with Gasteiger partial charge in [-0.2, -0.15) is 0 Å². The molecule has 0 saturated carbocycles. The van der Waals surface area contributed by atoms with E-state index < -0.39 is 0 Å². The molecule has 58 valence electrons. The van der Waals surface area contributed by atoms with Gasteiger partial charge >= 0.3 is 0 Å². The van der Waals surface area contributed by atoms with E-state index >= 15 is 0 Å². The molecule has 10 heavy (non-hydrogen) atoms. The average Bonchev–Trinajstić information content (AvgIpc) is 1.86. The molecule has 0 N–H and O–H groups in total. The average molecular weight is 139 g/mol. The Balaban J connectivity index is 2.54. The fraction of sp³-hybridized carbons (Fsp3) is 0.778. The van der Waals surface area contributed by atoms with Crippen LogP contribution in [0.2, 0.25) is 0 Å². The van der Waals surface area contributed by atoms with Gasteiger partial charge in [0.25, 0.3) is 0 Å². The molecule has 0 aliphatic carbocycles. The monoisotopic (exact) mass is 139 g/mol. The fourth-order valence-corrected chi connectivity index (χ4v) is 1.41. The van der Waals surface area contributed by atoms with E-state index in [1.807, 2.05) is 0 Å². The van der Waals surface area contributed by atoms with E-state index in [9.17, 15) is 0 Å². The zero-order chi connectivity index (χ0) is 7.61. The first kappa shape index (κ1) is 7.64. The van der Waals surface area contributed by atoms with Crippen molar-refractivity contribution in [2.45, 2.75) is 27.2 Å². The van der Waals surface area contributed by atoms with Crippen molar-refractivity contribution >= 4 is 0 Å². The Morgan fingerprint density at radius 2 is 2.20 bits per heavy atom. The summed E-state index contributed by atoms with van der Waals surface area (Å²) in [5, 5.41) is 0. The molecule has 0 saturated heterocycles. The normalized spacial score (nSPS) is 23.3. The highest BCUT2D eigenvalue weighted by Gasteiger charge is 2.21. The van der Waals surface area contributed by atoms with Gasteiger partial charge in [0, 0.05) is 13.1 Å². The Morgan fingerprint density at radius 1 is 1.50 bits per heavy atom. The summed E-state index contributed by atoms with van der Waals surface area (Å²) in [5.41, 5.74) is 0.491. The van der Waals surface area contributed by atoms with Gasteiger partial charge in [0.1, 0.15) is 0 Å². The molecule has 0 radical (unpaired) electrons. The molecule has 0 spiro atoms. The molecular weight excluding hydrogens is 122 g/mol. The first-order valence-electron chi connectivity index (χ1n) is 4.05. The van der Waals surface area contributed by atoms with Crippen LogP contribution in [0.4, 0.5) is 0 Å². The highest BCUT2D eigenvalue weighted by atomic mass is 15.1. The van der Waals surface area contributed by atoms with E-state index in [1.54, 1.807) is 0 Å². The zero-order valence-corrected chi connectivity index (χ0v) is 7.22. The topological polar surface area (TPSA) is 3.24 Å². The Morgan fingerprint density at radius 3 is 2.60 bits per heavy atom. The molecule has 0 fully saturated rings. The first-order chi connectivity index (χ1) is 4.64. The largest absolute Gasteiger partial charge is 0.377 e. The van der Waals surface area contributed by atoms with Crippen LogP contribution >= 0.6 is 0 Å². The lowest BCUT2D eigenvalue weighted by atomic mass is 9.87. The smallest absolute Gasteiger partial charge is 0.0226 e. The lowest BCUT2D eigenvalue weighted by molar-refractivity contribution is 0.221. The molecular formula is C9H17N. The summed E-state index contributed by atoms with van der Waals surface area (Å²) < 4.78 is 0. The molecule has 0 atom stereocenters. The van der Waals surface area contributed by atoms with Crippen LogP contribution in [-0.2, 0) is 0 Å². The van der Waals surface area contributed by atoms with Gasteiger partial charge in [0.05, 0.1) is 0 Å². The maximum absolute atomic E-state index is 2.36. The summed E-state index contributed by atoms with van der Waals surface area (Å²) in [5.74, 6) is 0. The van der Waals surface area contributed by atoms with Crippen molar-refractivity contribution < 1.29 is 0 Å². The predicted octanol–water partition coefficient (Wildman–Crippen LogP) is 2.25. The van der Waals surface area contributed by atoms with Crippen LogP contribution in [0.25, 0.3) is 0 Å². The molecule has 0 aromatic rings. The van der Waals surface area contributed by atoms with Crippen LogP contribution < -0.4 is 0 Å². The molecule has 1 heteroatoms. The second-order valence-electron chi connectivity index (χ2n) is 3.82. The van der Waals surface area contributed by atoms with E-state index in [2.05, 4.69) is 37.9 Å². The predicted molar refractivity (Wildman–Crippen MR) is 44.8 cm³/mol. The molecule has 1 aliphatic heterocycles. The summed E-state index contributed by atoms with van der Waals surface area (Å²) in [4.78, 5) is 2.36. The molecule has 1 nitrogen and oxygen atoms in total. The lowest BCUT2D eigenvalue weighted by Crippen LogP contribution is -2.33. The van der Waals surface area contributed by atoms with Gasteiger partial charge in [0.15, 0.2) is 0 Å². The van der Waals surface area contributed by atoms with Crippen molar-refractivity contribution in [3.63, 3.8) is 0 Å². The molecule has 1 aliphatic rings. The Labute approximate surface area is 63.7 Å². The van der Waals surface area contributed by atoms with Crippen molar-refractivity contribution in [1.29, 1.82) is 0 Å². The van der Waals surface area contributed by atoms with Crippen LogP contribution in [0.1, 0.15) is 27.2 Å². The summed E-state index contributed by atoms with van der Waals surface area (Å²) >= 11 is 0. The third kappa shape index (κ3) is 1.76. The van der Waals surface area contributed by atoms with Crippen molar-refractivity contribution in [3.05, 3.63) is 12.3 Å². The first-order valence-corrected chi connectivity index (χ1v) is 4.05. The third-order valence-corrected chi connectivity index (χ3v) is 2.02. The van der Waals surface area contributed by atoms with Crippen molar-refractivity contribution in [3.8, 4) is 0 Å². The van der Waals surface area contributed by atoms with Gasteiger partial charge in [-0.15, -0.1) is 0 Å². The minimum Gasteiger partial charge on any atom is -0.377 e. The van der Waals surface area contributed by atoms with E-state index in [-0.39, 0.29) is 0 Å². The molecule has 0 amide bonds. The molecule has 0 aromatic carbocycles. The van der Waals surface area contributed by atoms with E-state index in [1.165, 1.54) is 13.0 Å². The van der Waals surface area contributed by atoms with Gasteiger partial charge in [0.2, 0.25) is 0 Å².